The van der Waals surface area contributed by atoms with E-state index in [-0.39, 0.29) is 0 Å². The van der Waals surface area contributed by atoms with E-state index in [1.165, 1.54) is 0 Å². The van der Waals surface area contributed by atoms with E-state index in [0.29, 0.717) is 18.1 Å². The third-order valence-electron chi connectivity index (χ3n) is 3.59. The summed E-state index contributed by atoms with van der Waals surface area (Å²) in [6.45, 7) is 1.97. The fraction of sp³-hybridized carbons (Fsp3) is 0.158. The van der Waals surface area contributed by atoms with Gasteiger partial charge in [-0.3, -0.25) is 4.79 Å². The van der Waals surface area contributed by atoms with Gasteiger partial charge in [0.15, 0.2) is 6.10 Å². The SMILES string of the molecule is C[C@@H](Oc1ccc(OCc2ccn(-c3ccccc3)n2)cc1)C(N)=O. The molecule has 2 aromatic carbocycles. The largest absolute Gasteiger partial charge is 0.487 e. The highest BCUT2D eigenvalue weighted by atomic mass is 16.5. The third-order valence-corrected chi connectivity index (χ3v) is 3.59. The quantitative estimate of drug-likeness (QED) is 0.719. The van der Waals surface area contributed by atoms with Crippen molar-refractivity contribution in [2.45, 2.75) is 19.6 Å². The minimum absolute atomic E-state index is 0.359. The van der Waals surface area contributed by atoms with Crippen molar-refractivity contribution in [3.63, 3.8) is 0 Å². The number of para-hydroxylation sites is 1. The Kier molecular flexibility index (Phi) is 4.99. The van der Waals surface area contributed by atoms with Gasteiger partial charge in [0.25, 0.3) is 5.91 Å². The number of ether oxygens (including phenoxy) is 2. The standard InChI is InChI=1S/C19H19N3O3/c1-14(19(20)23)25-18-9-7-17(8-10-18)24-13-15-11-12-22(21-15)16-5-3-2-4-6-16/h2-12,14H,13H2,1H3,(H2,20,23)/t14-/m1/s1. The van der Waals surface area contributed by atoms with E-state index in [0.717, 1.165) is 11.4 Å². The smallest absolute Gasteiger partial charge is 0.258 e. The highest BCUT2D eigenvalue weighted by Crippen LogP contribution is 2.19. The van der Waals surface area contributed by atoms with Crippen molar-refractivity contribution in [1.82, 2.24) is 9.78 Å². The Morgan fingerprint density at radius 3 is 2.44 bits per heavy atom. The van der Waals surface area contributed by atoms with E-state index in [2.05, 4.69) is 5.10 Å². The minimum atomic E-state index is -0.672. The van der Waals surface area contributed by atoms with Crippen LogP contribution in [0.4, 0.5) is 0 Å². The van der Waals surface area contributed by atoms with Crippen LogP contribution in [0.25, 0.3) is 5.69 Å². The molecule has 6 nitrogen and oxygen atoms in total. The van der Waals surface area contributed by atoms with Crippen molar-refractivity contribution in [2.24, 2.45) is 5.73 Å². The first-order valence-electron chi connectivity index (χ1n) is 7.90. The first-order valence-corrected chi connectivity index (χ1v) is 7.90. The van der Waals surface area contributed by atoms with Crippen molar-refractivity contribution in [3.8, 4) is 17.2 Å². The van der Waals surface area contributed by atoms with Crippen LogP contribution in [0.15, 0.2) is 66.9 Å². The molecule has 1 heterocycles. The molecular weight excluding hydrogens is 318 g/mol. The van der Waals surface area contributed by atoms with Crippen LogP contribution in [0.3, 0.4) is 0 Å². The van der Waals surface area contributed by atoms with Crippen LogP contribution in [-0.2, 0) is 11.4 Å². The number of aromatic nitrogens is 2. The lowest BCUT2D eigenvalue weighted by atomic mass is 10.3. The number of carbonyl (C=O) groups excluding carboxylic acids is 1. The van der Waals surface area contributed by atoms with E-state index in [9.17, 15) is 4.79 Å². The molecule has 0 saturated carbocycles. The number of rotatable bonds is 7. The van der Waals surface area contributed by atoms with Crippen LogP contribution in [0.5, 0.6) is 11.5 Å². The summed E-state index contributed by atoms with van der Waals surface area (Å²) in [6, 6.07) is 18.8. The topological polar surface area (TPSA) is 79.4 Å². The average molecular weight is 337 g/mol. The van der Waals surface area contributed by atoms with Crippen molar-refractivity contribution in [3.05, 3.63) is 72.6 Å². The van der Waals surface area contributed by atoms with E-state index >= 15 is 0 Å². The summed E-state index contributed by atoms with van der Waals surface area (Å²) in [5.41, 5.74) is 7.00. The number of nitrogens with zero attached hydrogens (tertiary/aromatic N) is 2. The summed E-state index contributed by atoms with van der Waals surface area (Å²) >= 11 is 0. The zero-order chi connectivity index (χ0) is 17.6. The molecule has 0 fully saturated rings. The number of amides is 1. The van der Waals surface area contributed by atoms with Gasteiger partial charge < -0.3 is 15.2 Å². The zero-order valence-electron chi connectivity index (χ0n) is 13.8. The Hall–Kier alpha value is -3.28. The molecular formula is C19H19N3O3. The maximum atomic E-state index is 11.0. The van der Waals surface area contributed by atoms with Crippen molar-refractivity contribution in [2.75, 3.05) is 0 Å². The van der Waals surface area contributed by atoms with Crippen LogP contribution in [0, 0.1) is 0 Å². The van der Waals surface area contributed by atoms with E-state index in [1.54, 1.807) is 35.9 Å². The van der Waals surface area contributed by atoms with E-state index in [4.69, 9.17) is 15.2 Å². The van der Waals surface area contributed by atoms with Crippen molar-refractivity contribution >= 4 is 5.91 Å². The lowest BCUT2D eigenvalue weighted by Gasteiger charge is -2.11. The second-order valence-electron chi connectivity index (χ2n) is 5.51. The number of carbonyl (C=O) groups is 1. The first-order chi connectivity index (χ1) is 12.1. The fourth-order valence-electron chi connectivity index (χ4n) is 2.20. The molecule has 128 valence electrons. The summed E-state index contributed by atoms with van der Waals surface area (Å²) < 4.78 is 12.9. The van der Waals surface area contributed by atoms with Crippen LogP contribution >= 0.6 is 0 Å². The van der Waals surface area contributed by atoms with Crippen LogP contribution in [0.1, 0.15) is 12.6 Å². The molecule has 1 amide bonds. The lowest BCUT2D eigenvalue weighted by molar-refractivity contribution is -0.123. The molecule has 1 aromatic heterocycles. The van der Waals surface area contributed by atoms with Gasteiger partial charge in [-0.25, -0.2) is 4.68 Å². The molecule has 6 heteroatoms. The molecule has 3 rings (SSSR count). The Morgan fingerprint density at radius 1 is 1.08 bits per heavy atom. The highest BCUT2D eigenvalue weighted by molar-refractivity contribution is 5.78. The van der Waals surface area contributed by atoms with Crippen molar-refractivity contribution in [1.29, 1.82) is 0 Å². The first kappa shape index (κ1) is 16.6. The van der Waals surface area contributed by atoms with E-state index < -0.39 is 12.0 Å². The van der Waals surface area contributed by atoms with Gasteiger partial charge in [0.2, 0.25) is 0 Å². The van der Waals surface area contributed by atoms with Crippen LogP contribution in [0.2, 0.25) is 0 Å². The predicted molar refractivity (Wildman–Crippen MR) is 93.6 cm³/mol. The van der Waals surface area contributed by atoms with Gasteiger partial charge in [-0.05, 0) is 49.4 Å². The number of primary amides is 1. The van der Waals surface area contributed by atoms with Gasteiger partial charge in [-0.1, -0.05) is 18.2 Å². The Bertz CT molecular complexity index is 829. The molecule has 2 N–H and O–H groups in total. The number of hydrogen-bond acceptors (Lipinski definition) is 4. The molecule has 0 radical (unpaired) electrons. The zero-order valence-corrected chi connectivity index (χ0v) is 13.8. The highest BCUT2D eigenvalue weighted by Gasteiger charge is 2.10. The molecule has 1 atom stereocenters. The normalized spacial score (nSPS) is 11.7. The monoisotopic (exact) mass is 337 g/mol. The van der Waals surface area contributed by atoms with Gasteiger partial charge in [0.05, 0.1) is 5.69 Å². The maximum Gasteiger partial charge on any atom is 0.258 e. The van der Waals surface area contributed by atoms with Crippen LogP contribution < -0.4 is 15.2 Å². The van der Waals surface area contributed by atoms with Gasteiger partial charge in [-0.2, -0.15) is 5.10 Å². The van der Waals surface area contributed by atoms with Crippen LogP contribution in [-0.4, -0.2) is 21.8 Å². The lowest BCUT2D eigenvalue weighted by Crippen LogP contribution is -2.30. The fourth-order valence-corrected chi connectivity index (χ4v) is 2.20. The third kappa shape index (κ3) is 4.38. The molecule has 0 aliphatic carbocycles. The van der Waals surface area contributed by atoms with E-state index in [1.807, 2.05) is 42.6 Å². The summed E-state index contributed by atoms with van der Waals surface area (Å²) in [6.07, 6.45) is 1.23. The van der Waals surface area contributed by atoms with Crippen molar-refractivity contribution < 1.29 is 14.3 Å². The Morgan fingerprint density at radius 2 is 1.76 bits per heavy atom. The number of nitrogens with two attached hydrogens (primary N) is 1. The molecule has 0 unspecified atom stereocenters. The summed E-state index contributed by atoms with van der Waals surface area (Å²) in [4.78, 5) is 11.0. The number of benzene rings is 2. The van der Waals surface area contributed by atoms with Gasteiger partial charge in [-0.15, -0.1) is 0 Å². The minimum Gasteiger partial charge on any atom is -0.487 e. The molecule has 3 aromatic rings. The number of hydrogen-bond donors (Lipinski definition) is 1. The average Bonchev–Trinajstić information content (AvgIpc) is 3.11. The second kappa shape index (κ2) is 7.53. The Balaban J connectivity index is 1.57. The van der Waals surface area contributed by atoms with Gasteiger partial charge >= 0.3 is 0 Å². The molecule has 0 bridgehead atoms. The Labute approximate surface area is 145 Å². The summed E-state index contributed by atoms with van der Waals surface area (Å²) in [7, 11) is 0. The molecule has 0 spiro atoms. The summed E-state index contributed by atoms with van der Waals surface area (Å²) in [5.74, 6) is 0.745. The molecule has 25 heavy (non-hydrogen) atoms. The van der Waals surface area contributed by atoms with Gasteiger partial charge in [0, 0.05) is 6.20 Å². The maximum absolute atomic E-state index is 11.0. The summed E-state index contributed by atoms with van der Waals surface area (Å²) in [5, 5.41) is 4.49. The molecule has 0 saturated heterocycles. The molecule has 0 aliphatic heterocycles. The second-order valence-corrected chi connectivity index (χ2v) is 5.51. The molecule has 0 aliphatic rings. The predicted octanol–water partition coefficient (Wildman–Crippen LogP) is 2.70. The van der Waals surface area contributed by atoms with Gasteiger partial charge in [0.1, 0.15) is 23.8 Å².